The summed E-state index contributed by atoms with van der Waals surface area (Å²) in [5.41, 5.74) is 0. The van der Waals surface area contributed by atoms with E-state index in [4.69, 9.17) is 0 Å². The Balaban J connectivity index is 2.59. The summed E-state index contributed by atoms with van der Waals surface area (Å²) in [5.74, 6) is 0. The van der Waals surface area contributed by atoms with Crippen molar-refractivity contribution in [2.24, 2.45) is 0 Å². The van der Waals surface area contributed by atoms with Gasteiger partial charge in [0.1, 0.15) is 0 Å². The predicted octanol–water partition coefficient (Wildman–Crippen LogP) is -0.166. The first-order valence-corrected chi connectivity index (χ1v) is 6.21. The van der Waals surface area contributed by atoms with Crippen molar-refractivity contribution in [3.63, 3.8) is 0 Å². The standard InChI is InChI=1S/C9H11NSe2/c1-10(2)9(11)12-8-6-4-3-5-7-8/h3-7H,1-2H3. The molecule has 0 heterocycles. The minimum absolute atomic E-state index is 0.435. The number of benzene rings is 1. The molecule has 0 radical (unpaired) electrons. The predicted molar refractivity (Wildman–Crippen MR) is 56.3 cm³/mol. The summed E-state index contributed by atoms with van der Waals surface area (Å²) in [5, 5.41) is 0. The fourth-order valence-corrected chi connectivity index (χ4v) is 3.15. The molecule has 64 valence electrons. The molecule has 0 aromatic heterocycles. The van der Waals surface area contributed by atoms with Gasteiger partial charge >= 0.3 is 87.8 Å². The molecular weight excluding hydrogens is 280 g/mol. The van der Waals surface area contributed by atoms with Crippen molar-refractivity contribution < 1.29 is 0 Å². The second kappa shape index (κ2) is 4.83. The van der Waals surface area contributed by atoms with E-state index >= 15 is 0 Å². The molecular formula is C9H11NSe2. The summed E-state index contributed by atoms with van der Waals surface area (Å²) in [6.07, 6.45) is 0. The molecule has 0 unspecified atom stereocenters. The molecule has 0 saturated heterocycles. The normalized spacial score (nSPS) is 9.50. The Morgan fingerprint density at radius 2 is 1.83 bits per heavy atom. The van der Waals surface area contributed by atoms with Crippen molar-refractivity contribution in [3.8, 4) is 0 Å². The van der Waals surface area contributed by atoms with Gasteiger partial charge in [-0.25, -0.2) is 0 Å². The van der Waals surface area contributed by atoms with E-state index in [1.165, 1.54) is 7.90 Å². The van der Waals surface area contributed by atoms with Gasteiger partial charge in [0, 0.05) is 0 Å². The van der Waals surface area contributed by atoms with E-state index in [2.05, 4.69) is 58.8 Å². The van der Waals surface area contributed by atoms with E-state index in [1.54, 1.807) is 0 Å². The summed E-state index contributed by atoms with van der Waals surface area (Å²) in [6.45, 7) is 0. The van der Waals surface area contributed by atoms with Crippen LogP contribution in [-0.2, 0) is 0 Å². The molecule has 1 aromatic rings. The average molecular weight is 291 g/mol. The van der Waals surface area contributed by atoms with Gasteiger partial charge in [-0.2, -0.15) is 0 Å². The van der Waals surface area contributed by atoms with Crippen LogP contribution in [0.1, 0.15) is 0 Å². The SMILES string of the molecule is CN(C)C(=[Se])[Se]c1ccccc1. The molecule has 0 N–H and O–H groups in total. The van der Waals surface area contributed by atoms with Gasteiger partial charge in [0.25, 0.3) is 0 Å². The third kappa shape index (κ3) is 3.12. The van der Waals surface area contributed by atoms with Crippen LogP contribution in [0.15, 0.2) is 30.3 Å². The summed E-state index contributed by atoms with van der Waals surface area (Å²) < 4.78 is 2.74. The Morgan fingerprint density at radius 1 is 1.25 bits per heavy atom. The third-order valence-electron chi connectivity index (χ3n) is 1.31. The zero-order chi connectivity index (χ0) is 8.97. The Morgan fingerprint density at radius 3 is 2.33 bits per heavy atom. The van der Waals surface area contributed by atoms with Gasteiger partial charge in [-0.1, -0.05) is 0 Å². The first-order valence-electron chi connectivity index (χ1n) is 3.64. The van der Waals surface area contributed by atoms with Gasteiger partial charge in [-0.05, 0) is 0 Å². The Labute approximate surface area is 87.7 Å². The first-order chi connectivity index (χ1) is 5.70. The van der Waals surface area contributed by atoms with Crippen LogP contribution in [0.4, 0.5) is 0 Å². The van der Waals surface area contributed by atoms with Crippen LogP contribution < -0.4 is 4.46 Å². The molecule has 12 heavy (non-hydrogen) atoms. The van der Waals surface area contributed by atoms with Gasteiger partial charge < -0.3 is 0 Å². The van der Waals surface area contributed by atoms with Crippen molar-refractivity contribution in [3.05, 3.63) is 30.3 Å². The molecule has 0 atom stereocenters. The maximum absolute atomic E-state index is 3.10. The quantitative estimate of drug-likeness (QED) is 0.699. The average Bonchev–Trinajstić information content (AvgIpc) is 2.06. The summed E-state index contributed by atoms with van der Waals surface area (Å²) in [4.78, 5) is 2.13. The van der Waals surface area contributed by atoms with E-state index < -0.39 is 0 Å². The molecule has 0 saturated carbocycles. The number of hydrogen-bond donors (Lipinski definition) is 0. The van der Waals surface area contributed by atoms with Crippen molar-refractivity contribution in [1.29, 1.82) is 0 Å². The summed E-state index contributed by atoms with van der Waals surface area (Å²) >= 11 is 3.53. The molecule has 0 bridgehead atoms. The van der Waals surface area contributed by atoms with Crippen LogP contribution in [0.5, 0.6) is 0 Å². The molecule has 3 heteroatoms. The van der Waals surface area contributed by atoms with Crippen molar-refractivity contribution in [1.82, 2.24) is 4.90 Å². The van der Waals surface area contributed by atoms with E-state index in [0.29, 0.717) is 15.0 Å². The molecule has 0 aliphatic rings. The number of nitrogens with zero attached hydrogens (tertiary/aromatic N) is 1. The zero-order valence-corrected chi connectivity index (χ0v) is 10.6. The molecule has 1 aromatic carbocycles. The second-order valence-corrected chi connectivity index (χ2v) is 6.93. The molecule has 0 amide bonds. The van der Waals surface area contributed by atoms with Crippen molar-refractivity contribution in [2.45, 2.75) is 0 Å². The molecule has 0 aliphatic heterocycles. The van der Waals surface area contributed by atoms with E-state index in [0.717, 1.165) is 0 Å². The van der Waals surface area contributed by atoms with Gasteiger partial charge in [-0.15, -0.1) is 0 Å². The first kappa shape index (κ1) is 10.0. The van der Waals surface area contributed by atoms with Crippen LogP contribution in [0.25, 0.3) is 0 Å². The molecule has 1 rings (SSSR count). The second-order valence-electron chi connectivity index (χ2n) is 2.58. The topological polar surface area (TPSA) is 3.24 Å². The van der Waals surface area contributed by atoms with E-state index in [-0.39, 0.29) is 0 Å². The zero-order valence-electron chi connectivity index (χ0n) is 7.15. The third-order valence-corrected chi connectivity index (χ3v) is 5.19. The fourth-order valence-electron chi connectivity index (χ4n) is 0.681. The van der Waals surface area contributed by atoms with E-state index in [1.807, 2.05) is 6.07 Å². The van der Waals surface area contributed by atoms with Crippen LogP contribution in [-0.4, -0.2) is 53.0 Å². The summed E-state index contributed by atoms with van der Waals surface area (Å²) in [7, 11) is 4.13. The van der Waals surface area contributed by atoms with Crippen LogP contribution in [0.2, 0.25) is 0 Å². The molecule has 1 nitrogen and oxygen atoms in total. The Bertz CT molecular complexity index is 256. The molecule has 0 aliphatic carbocycles. The van der Waals surface area contributed by atoms with Gasteiger partial charge in [-0.3, -0.25) is 0 Å². The summed E-state index contributed by atoms with van der Waals surface area (Å²) in [6, 6.07) is 10.6. The molecule has 0 spiro atoms. The number of hydrogen-bond acceptors (Lipinski definition) is 1. The van der Waals surface area contributed by atoms with Crippen molar-refractivity contribution >= 4 is 38.4 Å². The van der Waals surface area contributed by atoms with Gasteiger partial charge in [0.2, 0.25) is 0 Å². The Hall–Kier alpha value is -0.0710. The van der Waals surface area contributed by atoms with Crippen LogP contribution in [0.3, 0.4) is 0 Å². The maximum atomic E-state index is 3.10. The monoisotopic (exact) mass is 293 g/mol. The van der Waals surface area contributed by atoms with E-state index in [9.17, 15) is 0 Å². The van der Waals surface area contributed by atoms with Gasteiger partial charge in [0.05, 0.1) is 0 Å². The van der Waals surface area contributed by atoms with Crippen LogP contribution in [0, 0.1) is 0 Å². The fraction of sp³-hybridized carbons (Fsp3) is 0.222. The van der Waals surface area contributed by atoms with Crippen molar-refractivity contribution in [2.75, 3.05) is 14.1 Å². The van der Waals surface area contributed by atoms with Gasteiger partial charge in [0.15, 0.2) is 0 Å². The Kier molecular flexibility index (Phi) is 4.03. The minimum atomic E-state index is 0.435. The number of rotatable bonds is 3. The molecule has 0 fully saturated rings. The van der Waals surface area contributed by atoms with Crippen LogP contribution >= 0.6 is 0 Å².